The van der Waals surface area contributed by atoms with Gasteiger partial charge in [0.15, 0.2) is 0 Å². The van der Waals surface area contributed by atoms with Crippen LogP contribution in [0.4, 0.5) is 0 Å². The second-order valence-corrected chi connectivity index (χ2v) is 6.97. The number of benzene rings is 1. The molecule has 3 heterocycles. The second kappa shape index (κ2) is 7.09. The molecule has 2 aromatic rings. The summed E-state index contributed by atoms with van der Waals surface area (Å²) in [5.41, 5.74) is 1.26. The van der Waals surface area contributed by atoms with Crippen molar-refractivity contribution in [3.05, 3.63) is 60.1 Å². The Kier molecular flexibility index (Phi) is 4.69. The molecule has 4 heteroatoms. The van der Waals surface area contributed by atoms with Crippen molar-refractivity contribution in [3.8, 4) is 0 Å². The molecule has 2 saturated heterocycles. The Labute approximate surface area is 143 Å². The molecule has 0 amide bonds. The highest BCUT2D eigenvalue weighted by molar-refractivity contribution is 5.13. The number of likely N-dealkylation sites (tertiary alicyclic amines) is 1. The number of hydrogen-bond donors (Lipinski definition) is 0. The molecular formula is C20H25NO3. The third kappa shape index (κ3) is 3.72. The normalized spacial score (nSPS) is 23.8. The standard InChI is InChI=1S/C20H25NO3/c1-2-5-17(6-3-1)15-23-19-13-20(24-16-19)8-10-21(11-9-20)14-18-7-4-12-22-18/h1-7,12,19H,8-11,13-16H2/t19-/m1/s1. The van der Waals surface area contributed by atoms with Crippen LogP contribution in [0.1, 0.15) is 30.6 Å². The Morgan fingerprint density at radius 3 is 2.67 bits per heavy atom. The van der Waals surface area contributed by atoms with Crippen LogP contribution in [0, 0.1) is 0 Å². The van der Waals surface area contributed by atoms with Gasteiger partial charge in [0.2, 0.25) is 0 Å². The zero-order chi connectivity index (χ0) is 16.2. The van der Waals surface area contributed by atoms with Crippen LogP contribution in [0.15, 0.2) is 53.1 Å². The first-order chi connectivity index (χ1) is 11.8. The molecule has 2 aliphatic heterocycles. The molecule has 0 saturated carbocycles. The van der Waals surface area contributed by atoms with E-state index in [1.54, 1.807) is 6.26 Å². The van der Waals surface area contributed by atoms with E-state index in [1.807, 2.05) is 18.2 Å². The zero-order valence-corrected chi connectivity index (χ0v) is 14.0. The van der Waals surface area contributed by atoms with Gasteiger partial charge in [-0.15, -0.1) is 0 Å². The molecule has 4 nitrogen and oxygen atoms in total. The van der Waals surface area contributed by atoms with E-state index in [4.69, 9.17) is 13.9 Å². The van der Waals surface area contributed by atoms with Crippen molar-refractivity contribution in [2.45, 2.75) is 44.1 Å². The Balaban J connectivity index is 1.24. The number of hydrogen-bond acceptors (Lipinski definition) is 4. The van der Waals surface area contributed by atoms with Gasteiger partial charge in [0, 0.05) is 19.5 Å². The molecule has 0 unspecified atom stereocenters. The summed E-state index contributed by atoms with van der Waals surface area (Å²) in [5, 5.41) is 0. The van der Waals surface area contributed by atoms with Gasteiger partial charge in [0.25, 0.3) is 0 Å². The van der Waals surface area contributed by atoms with Gasteiger partial charge in [0.1, 0.15) is 5.76 Å². The fourth-order valence-corrected chi connectivity index (χ4v) is 3.79. The van der Waals surface area contributed by atoms with Crippen LogP contribution in [-0.2, 0) is 22.6 Å². The molecule has 0 N–H and O–H groups in total. The summed E-state index contributed by atoms with van der Waals surface area (Å²) in [6.45, 7) is 4.43. The van der Waals surface area contributed by atoms with E-state index in [9.17, 15) is 0 Å². The van der Waals surface area contributed by atoms with Crippen LogP contribution >= 0.6 is 0 Å². The van der Waals surface area contributed by atoms with Crippen LogP contribution in [0.2, 0.25) is 0 Å². The minimum absolute atomic E-state index is 0.0288. The van der Waals surface area contributed by atoms with E-state index >= 15 is 0 Å². The van der Waals surface area contributed by atoms with Gasteiger partial charge in [-0.2, -0.15) is 0 Å². The number of nitrogens with zero attached hydrogens (tertiary/aromatic N) is 1. The van der Waals surface area contributed by atoms with Crippen LogP contribution < -0.4 is 0 Å². The molecule has 0 bridgehead atoms. The highest BCUT2D eigenvalue weighted by Crippen LogP contribution is 2.37. The fraction of sp³-hybridized carbons (Fsp3) is 0.500. The minimum Gasteiger partial charge on any atom is -0.468 e. The molecular weight excluding hydrogens is 302 g/mol. The van der Waals surface area contributed by atoms with Gasteiger partial charge in [0.05, 0.1) is 37.7 Å². The Morgan fingerprint density at radius 1 is 1.08 bits per heavy atom. The number of rotatable bonds is 5. The van der Waals surface area contributed by atoms with E-state index < -0.39 is 0 Å². The van der Waals surface area contributed by atoms with E-state index in [2.05, 4.69) is 29.2 Å². The summed E-state index contributed by atoms with van der Waals surface area (Å²) in [6.07, 6.45) is 5.16. The maximum Gasteiger partial charge on any atom is 0.117 e. The van der Waals surface area contributed by atoms with Gasteiger partial charge in [-0.1, -0.05) is 30.3 Å². The second-order valence-electron chi connectivity index (χ2n) is 6.97. The predicted molar refractivity (Wildman–Crippen MR) is 91.5 cm³/mol. The highest BCUT2D eigenvalue weighted by Gasteiger charge is 2.43. The largest absolute Gasteiger partial charge is 0.468 e. The van der Waals surface area contributed by atoms with Crippen molar-refractivity contribution in [2.24, 2.45) is 0 Å². The molecule has 4 rings (SSSR count). The molecule has 1 spiro atoms. The maximum atomic E-state index is 6.19. The van der Waals surface area contributed by atoms with E-state index in [-0.39, 0.29) is 11.7 Å². The first-order valence-electron chi connectivity index (χ1n) is 8.86. The number of furan rings is 1. The summed E-state index contributed by atoms with van der Waals surface area (Å²) in [4.78, 5) is 2.45. The molecule has 0 radical (unpaired) electrons. The molecule has 24 heavy (non-hydrogen) atoms. The van der Waals surface area contributed by atoms with Crippen molar-refractivity contribution in [2.75, 3.05) is 19.7 Å². The summed E-state index contributed by atoms with van der Waals surface area (Å²) < 4.78 is 17.7. The van der Waals surface area contributed by atoms with Gasteiger partial charge >= 0.3 is 0 Å². The van der Waals surface area contributed by atoms with Crippen LogP contribution in [0.3, 0.4) is 0 Å². The summed E-state index contributed by atoms with van der Waals surface area (Å²) >= 11 is 0. The predicted octanol–water partition coefficient (Wildman–Crippen LogP) is 3.62. The number of piperidine rings is 1. The Hall–Kier alpha value is -1.62. The third-order valence-electron chi connectivity index (χ3n) is 5.23. The van der Waals surface area contributed by atoms with E-state index in [0.717, 1.165) is 51.3 Å². The maximum absolute atomic E-state index is 6.19. The van der Waals surface area contributed by atoms with Crippen molar-refractivity contribution in [1.82, 2.24) is 4.90 Å². The molecule has 1 aromatic carbocycles. The topological polar surface area (TPSA) is 34.8 Å². The summed E-state index contributed by atoms with van der Waals surface area (Å²) in [7, 11) is 0. The average molecular weight is 327 g/mol. The van der Waals surface area contributed by atoms with E-state index in [1.165, 1.54) is 5.56 Å². The first kappa shape index (κ1) is 15.9. The van der Waals surface area contributed by atoms with Crippen molar-refractivity contribution < 1.29 is 13.9 Å². The van der Waals surface area contributed by atoms with Crippen LogP contribution in [-0.4, -0.2) is 36.3 Å². The quantitative estimate of drug-likeness (QED) is 0.840. The van der Waals surface area contributed by atoms with Gasteiger partial charge in [-0.25, -0.2) is 0 Å². The molecule has 2 fully saturated rings. The van der Waals surface area contributed by atoms with Crippen LogP contribution in [0.25, 0.3) is 0 Å². The van der Waals surface area contributed by atoms with Gasteiger partial charge < -0.3 is 13.9 Å². The lowest BCUT2D eigenvalue weighted by atomic mass is 9.88. The monoisotopic (exact) mass is 327 g/mol. The Morgan fingerprint density at radius 2 is 1.92 bits per heavy atom. The van der Waals surface area contributed by atoms with Crippen molar-refractivity contribution >= 4 is 0 Å². The minimum atomic E-state index is 0.0288. The zero-order valence-electron chi connectivity index (χ0n) is 14.0. The number of ether oxygens (including phenoxy) is 2. The smallest absolute Gasteiger partial charge is 0.117 e. The lowest BCUT2D eigenvalue weighted by molar-refractivity contribution is -0.0476. The van der Waals surface area contributed by atoms with Gasteiger partial charge in [-0.3, -0.25) is 4.90 Å². The van der Waals surface area contributed by atoms with Crippen molar-refractivity contribution in [3.63, 3.8) is 0 Å². The fourth-order valence-electron chi connectivity index (χ4n) is 3.79. The van der Waals surface area contributed by atoms with E-state index in [0.29, 0.717) is 6.61 Å². The van der Waals surface area contributed by atoms with Gasteiger partial charge in [-0.05, 0) is 30.5 Å². The molecule has 2 aliphatic rings. The SMILES string of the molecule is c1ccc(CO[C@H]2COC3(CCN(Cc4ccco4)CC3)C2)cc1. The first-order valence-corrected chi connectivity index (χ1v) is 8.86. The Bertz CT molecular complexity index is 618. The molecule has 1 aromatic heterocycles. The lowest BCUT2D eigenvalue weighted by Crippen LogP contribution is -2.43. The molecule has 1 atom stereocenters. The average Bonchev–Trinajstić information content (AvgIpc) is 3.27. The molecule has 0 aliphatic carbocycles. The lowest BCUT2D eigenvalue weighted by Gasteiger charge is -2.38. The summed E-state index contributed by atoms with van der Waals surface area (Å²) in [6, 6.07) is 14.4. The summed E-state index contributed by atoms with van der Waals surface area (Å²) in [5.74, 6) is 1.04. The van der Waals surface area contributed by atoms with Crippen molar-refractivity contribution in [1.29, 1.82) is 0 Å². The third-order valence-corrected chi connectivity index (χ3v) is 5.23. The highest BCUT2D eigenvalue weighted by atomic mass is 16.6. The van der Waals surface area contributed by atoms with Crippen LogP contribution in [0.5, 0.6) is 0 Å². The molecule has 128 valence electrons.